The van der Waals surface area contributed by atoms with E-state index in [2.05, 4.69) is 5.32 Å². The third-order valence-corrected chi connectivity index (χ3v) is 5.48. The number of benzene rings is 1. The van der Waals surface area contributed by atoms with Crippen molar-refractivity contribution in [3.8, 4) is 0 Å². The zero-order valence-electron chi connectivity index (χ0n) is 14.8. The van der Waals surface area contributed by atoms with Gasteiger partial charge in [-0.15, -0.1) is 0 Å². The van der Waals surface area contributed by atoms with Crippen molar-refractivity contribution in [2.24, 2.45) is 5.73 Å². The van der Waals surface area contributed by atoms with Gasteiger partial charge in [-0.05, 0) is 44.7 Å². The van der Waals surface area contributed by atoms with Gasteiger partial charge in [0.15, 0.2) is 6.10 Å². The highest BCUT2D eigenvalue weighted by atomic mass is 31.2. The highest BCUT2D eigenvalue weighted by Crippen LogP contribution is 2.47. The Balaban J connectivity index is 2.53. The maximum absolute atomic E-state index is 12.3. The number of amides is 1. The van der Waals surface area contributed by atoms with Crippen molar-refractivity contribution in [3.05, 3.63) is 35.9 Å². The summed E-state index contributed by atoms with van der Waals surface area (Å²) < 4.78 is 17.2. The zero-order chi connectivity index (χ0) is 19.6. The van der Waals surface area contributed by atoms with Gasteiger partial charge in [0.2, 0.25) is 5.91 Å². The van der Waals surface area contributed by atoms with Crippen LogP contribution in [0, 0.1) is 0 Å². The van der Waals surface area contributed by atoms with Crippen molar-refractivity contribution in [2.75, 3.05) is 6.54 Å². The zero-order valence-corrected chi connectivity index (χ0v) is 15.7. The van der Waals surface area contributed by atoms with Gasteiger partial charge >= 0.3 is 13.6 Å². The third-order valence-electron chi connectivity index (χ3n) is 3.82. The maximum Gasteiger partial charge on any atom is 0.350 e. The summed E-state index contributed by atoms with van der Waals surface area (Å²) in [5, 5.41) is 11.5. The molecule has 26 heavy (non-hydrogen) atoms. The molecule has 0 saturated carbocycles. The van der Waals surface area contributed by atoms with Crippen LogP contribution in [0.5, 0.6) is 0 Å². The molecule has 0 aliphatic heterocycles. The Morgan fingerprint density at radius 2 is 1.92 bits per heavy atom. The van der Waals surface area contributed by atoms with E-state index < -0.39 is 31.4 Å². The molecule has 5 N–H and O–H groups in total. The van der Waals surface area contributed by atoms with Crippen LogP contribution in [-0.2, 0) is 25.1 Å². The van der Waals surface area contributed by atoms with Crippen LogP contribution < -0.4 is 11.1 Å². The van der Waals surface area contributed by atoms with Gasteiger partial charge in [0.05, 0.1) is 0 Å². The fraction of sp³-hybridized carbons (Fsp3) is 0.529. The lowest BCUT2D eigenvalue weighted by Gasteiger charge is -2.23. The first kappa shape index (κ1) is 22.3. The molecule has 0 saturated heterocycles. The first-order valence-corrected chi connectivity index (χ1v) is 10.2. The lowest BCUT2D eigenvalue weighted by atomic mass is 10.1. The Morgan fingerprint density at radius 3 is 2.50 bits per heavy atom. The van der Waals surface area contributed by atoms with Crippen molar-refractivity contribution < 1.29 is 28.7 Å². The first-order chi connectivity index (χ1) is 12.3. The van der Waals surface area contributed by atoms with Gasteiger partial charge in [0.1, 0.15) is 5.78 Å². The quantitative estimate of drug-likeness (QED) is 0.318. The molecule has 2 unspecified atom stereocenters. The van der Waals surface area contributed by atoms with Crippen LogP contribution in [0.3, 0.4) is 0 Å². The van der Waals surface area contributed by atoms with Crippen LogP contribution in [0.4, 0.5) is 0 Å². The van der Waals surface area contributed by atoms with E-state index in [0.717, 1.165) is 5.56 Å². The van der Waals surface area contributed by atoms with E-state index >= 15 is 0 Å². The molecule has 146 valence electrons. The van der Waals surface area contributed by atoms with E-state index in [1.54, 1.807) is 0 Å². The smallest absolute Gasteiger partial charge is 0.350 e. The van der Waals surface area contributed by atoms with E-state index in [0.29, 0.717) is 25.8 Å². The van der Waals surface area contributed by atoms with Crippen LogP contribution >= 0.6 is 7.60 Å². The summed E-state index contributed by atoms with van der Waals surface area (Å²) in [5.41, 5.74) is 6.33. The molecule has 1 aromatic carbocycles. The summed E-state index contributed by atoms with van der Waals surface area (Å²) in [6.07, 6.45) is 0.354. The monoisotopic (exact) mass is 386 g/mol. The first-order valence-electron chi connectivity index (χ1n) is 8.53. The molecule has 8 nitrogen and oxygen atoms in total. The minimum Gasteiger partial charge on any atom is -0.479 e. The topological polar surface area (TPSA) is 139 Å². The normalized spacial score (nSPS) is 15.7. The lowest BCUT2D eigenvalue weighted by Crippen LogP contribution is -2.35. The molecule has 1 amide bonds. The molecular weight excluding hydrogens is 359 g/mol. The van der Waals surface area contributed by atoms with E-state index in [1.165, 1.54) is 6.92 Å². The van der Waals surface area contributed by atoms with Crippen LogP contribution in [0.1, 0.15) is 38.2 Å². The summed E-state index contributed by atoms with van der Waals surface area (Å²) >= 11 is 0. The van der Waals surface area contributed by atoms with E-state index in [1.807, 2.05) is 30.3 Å². The Kier molecular flexibility index (Phi) is 9.51. The van der Waals surface area contributed by atoms with Crippen molar-refractivity contribution >= 4 is 19.5 Å². The lowest BCUT2D eigenvalue weighted by molar-refractivity contribution is -0.145. The summed E-state index contributed by atoms with van der Waals surface area (Å²) in [6, 6.07) is 9.37. The number of hydrogen-bond donors (Lipinski definition) is 4. The molecule has 0 aromatic heterocycles. The Morgan fingerprint density at radius 1 is 1.27 bits per heavy atom. The molecule has 0 aliphatic rings. The van der Waals surface area contributed by atoms with Gasteiger partial charge in [-0.25, -0.2) is 4.79 Å². The summed E-state index contributed by atoms with van der Waals surface area (Å²) in [4.78, 5) is 33.2. The number of carboxylic acids is 1. The van der Waals surface area contributed by atoms with Crippen LogP contribution in [0.2, 0.25) is 0 Å². The standard InChI is InChI=1S/C17H27N2O6P/c1-13(19-16(20)11-10-14-7-3-2-4-8-14)26(23,24)25-15(17(21)22)9-5-6-12-18/h2-4,7-8,13,15H,5-6,9-12,18H2,1H3,(H,19,20)(H,21,22)(H,23,24)/t13-,15?/m0/s1. The molecule has 1 aromatic rings. The van der Waals surface area contributed by atoms with Crippen LogP contribution in [0.25, 0.3) is 0 Å². The van der Waals surface area contributed by atoms with Gasteiger partial charge in [0.25, 0.3) is 0 Å². The number of hydrogen-bond acceptors (Lipinski definition) is 5. The highest BCUT2D eigenvalue weighted by molar-refractivity contribution is 7.53. The van der Waals surface area contributed by atoms with Crippen molar-refractivity contribution in [1.82, 2.24) is 5.32 Å². The second kappa shape index (κ2) is 11.1. The molecule has 9 heteroatoms. The van der Waals surface area contributed by atoms with Gasteiger partial charge < -0.3 is 21.1 Å². The molecule has 0 radical (unpaired) electrons. The summed E-state index contributed by atoms with van der Waals surface area (Å²) in [7, 11) is -4.34. The van der Waals surface area contributed by atoms with Gasteiger partial charge in [0, 0.05) is 6.42 Å². The molecule has 0 heterocycles. The Labute approximate surface area is 153 Å². The van der Waals surface area contributed by atoms with Crippen molar-refractivity contribution in [1.29, 1.82) is 0 Å². The second-order valence-electron chi connectivity index (χ2n) is 6.01. The molecule has 3 atom stereocenters. The van der Waals surface area contributed by atoms with Crippen molar-refractivity contribution in [3.63, 3.8) is 0 Å². The number of unbranched alkanes of at least 4 members (excludes halogenated alkanes) is 1. The highest BCUT2D eigenvalue weighted by Gasteiger charge is 2.35. The number of carbonyl (C=O) groups excluding carboxylic acids is 1. The molecule has 0 spiro atoms. The third kappa shape index (κ3) is 8.10. The minimum atomic E-state index is -4.34. The van der Waals surface area contributed by atoms with Crippen LogP contribution in [-0.4, -0.2) is 40.3 Å². The van der Waals surface area contributed by atoms with Gasteiger partial charge in [-0.3, -0.25) is 13.9 Å². The number of carboxylic acid groups (broad SMARTS) is 1. The number of nitrogens with two attached hydrogens (primary N) is 1. The predicted molar refractivity (Wildman–Crippen MR) is 97.6 cm³/mol. The number of rotatable bonds is 12. The molecule has 0 bridgehead atoms. The van der Waals surface area contributed by atoms with E-state index in [9.17, 15) is 19.0 Å². The maximum atomic E-state index is 12.3. The molecular formula is C17H27N2O6P. The average Bonchev–Trinajstić information content (AvgIpc) is 2.60. The molecule has 0 aliphatic carbocycles. The number of aryl methyl sites for hydroxylation is 1. The predicted octanol–water partition coefficient (Wildman–Crippen LogP) is 1.87. The number of carbonyl (C=O) groups is 2. The molecule has 0 fully saturated rings. The van der Waals surface area contributed by atoms with Gasteiger partial charge in [-0.1, -0.05) is 30.3 Å². The fourth-order valence-corrected chi connectivity index (χ4v) is 3.31. The summed E-state index contributed by atoms with van der Waals surface area (Å²) in [5.74, 6) is -2.93. The fourth-order valence-electron chi connectivity index (χ4n) is 2.26. The van der Waals surface area contributed by atoms with Gasteiger partial charge in [-0.2, -0.15) is 0 Å². The Bertz CT molecular complexity index is 625. The SMILES string of the molecule is C[C@@H](NC(=O)CCc1ccccc1)P(=O)(O)OC(CCCCN)C(=O)O. The summed E-state index contributed by atoms with van der Waals surface area (Å²) in [6.45, 7) is 1.72. The van der Waals surface area contributed by atoms with Crippen LogP contribution in [0.15, 0.2) is 30.3 Å². The number of nitrogens with one attached hydrogen (secondary N) is 1. The van der Waals surface area contributed by atoms with E-state index in [-0.39, 0.29) is 12.8 Å². The molecule has 1 rings (SSSR count). The average molecular weight is 386 g/mol. The number of aliphatic carboxylic acids is 1. The largest absolute Gasteiger partial charge is 0.479 e. The second-order valence-corrected chi connectivity index (χ2v) is 8.12. The Hall–Kier alpha value is -1.73. The minimum absolute atomic E-state index is 0.0752. The van der Waals surface area contributed by atoms with E-state index in [4.69, 9.17) is 15.4 Å². The van der Waals surface area contributed by atoms with Crippen molar-refractivity contribution in [2.45, 2.75) is 50.9 Å².